The molecule has 0 aromatic heterocycles. The van der Waals surface area contributed by atoms with Gasteiger partial charge in [0.1, 0.15) is 0 Å². The van der Waals surface area contributed by atoms with Gasteiger partial charge in [0.2, 0.25) is 0 Å². The third kappa shape index (κ3) is 5.06. The van der Waals surface area contributed by atoms with E-state index in [1.54, 1.807) is 0 Å². The molecule has 1 aliphatic heterocycles. The standard InChI is InChI=1S/C18H27N3/c1-18(2,10-7-11-19)15-20-17-9-4-3-8-16(17)14-21-12-5-6-13-21/h3-4,8-9,20H,5-7,10,12-15H2,1-2H3. The Morgan fingerprint density at radius 3 is 2.67 bits per heavy atom. The average molecular weight is 285 g/mol. The molecule has 1 aliphatic rings. The lowest BCUT2D eigenvalue weighted by atomic mass is 9.88. The molecular weight excluding hydrogens is 258 g/mol. The van der Waals surface area contributed by atoms with E-state index in [9.17, 15) is 0 Å². The van der Waals surface area contributed by atoms with Gasteiger partial charge in [-0.2, -0.15) is 5.26 Å². The molecule has 0 atom stereocenters. The van der Waals surface area contributed by atoms with Crippen molar-refractivity contribution in [3.63, 3.8) is 0 Å². The second-order valence-electron chi connectivity index (χ2n) is 6.82. The van der Waals surface area contributed by atoms with Crippen LogP contribution in [0, 0.1) is 16.7 Å². The zero-order valence-electron chi connectivity index (χ0n) is 13.4. The Morgan fingerprint density at radius 2 is 1.95 bits per heavy atom. The van der Waals surface area contributed by atoms with Gasteiger partial charge in [-0.25, -0.2) is 0 Å². The number of benzene rings is 1. The van der Waals surface area contributed by atoms with Crippen molar-refractivity contribution in [2.75, 3.05) is 25.0 Å². The van der Waals surface area contributed by atoms with Crippen LogP contribution in [0.5, 0.6) is 0 Å². The smallest absolute Gasteiger partial charge is 0.0621 e. The highest BCUT2D eigenvalue weighted by atomic mass is 15.1. The van der Waals surface area contributed by atoms with Crippen molar-refractivity contribution < 1.29 is 0 Å². The lowest BCUT2D eigenvalue weighted by Gasteiger charge is -2.26. The minimum absolute atomic E-state index is 0.149. The average Bonchev–Trinajstić information content (AvgIpc) is 2.97. The molecule has 0 spiro atoms. The lowest BCUT2D eigenvalue weighted by molar-refractivity contribution is 0.331. The van der Waals surface area contributed by atoms with E-state index in [0.717, 1.165) is 19.5 Å². The number of nitriles is 1. The first kappa shape index (κ1) is 15.9. The predicted molar refractivity (Wildman–Crippen MR) is 88.1 cm³/mol. The quantitative estimate of drug-likeness (QED) is 0.822. The summed E-state index contributed by atoms with van der Waals surface area (Å²) >= 11 is 0. The summed E-state index contributed by atoms with van der Waals surface area (Å²) in [5, 5.41) is 12.3. The summed E-state index contributed by atoms with van der Waals surface area (Å²) in [5.41, 5.74) is 2.78. The van der Waals surface area contributed by atoms with Gasteiger partial charge in [-0.15, -0.1) is 0 Å². The van der Waals surface area contributed by atoms with Crippen molar-refractivity contribution in [2.45, 2.75) is 46.1 Å². The molecule has 3 heteroatoms. The first-order valence-electron chi connectivity index (χ1n) is 8.02. The molecule has 2 rings (SSSR count). The molecule has 0 saturated carbocycles. The minimum atomic E-state index is 0.149. The SMILES string of the molecule is CC(C)(CCC#N)CNc1ccccc1CN1CCCC1. The number of rotatable bonds is 7. The maximum absolute atomic E-state index is 8.74. The molecule has 0 radical (unpaired) electrons. The molecule has 1 N–H and O–H groups in total. The van der Waals surface area contributed by atoms with Crippen LogP contribution in [-0.2, 0) is 6.54 Å². The molecule has 114 valence electrons. The molecule has 3 nitrogen and oxygen atoms in total. The van der Waals surface area contributed by atoms with Crippen LogP contribution >= 0.6 is 0 Å². The number of hydrogen-bond donors (Lipinski definition) is 1. The largest absolute Gasteiger partial charge is 0.384 e. The predicted octanol–water partition coefficient (Wildman–Crippen LogP) is 4.02. The van der Waals surface area contributed by atoms with Crippen LogP contribution < -0.4 is 5.32 Å². The number of nitrogens with one attached hydrogen (secondary N) is 1. The van der Waals surface area contributed by atoms with Crippen LogP contribution in [0.4, 0.5) is 5.69 Å². The second kappa shape index (κ2) is 7.47. The highest BCUT2D eigenvalue weighted by molar-refractivity contribution is 5.51. The highest BCUT2D eigenvalue weighted by Gasteiger charge is 2.18. The molecular formula is C18H27N3. The van der Waals surface area contributed by atoms with Gasteiger partial charge in [0.25, 0.3) is 0 Å². The summed E-state index contributed by atoms with van der Waals surface area (Å²) in [4.78, 5) is 2.53. The minimum Gasteiger partial charge on any atom is -0.384 e. The van der Waals surface area contributed by atoms with Gasteiger partial charge in [0, 0.05) is 25.2 Å². The first-order chi connectivity index (χ1) is 10.1. The van der Waals surface area contributed by atoms with Crippen molar-refractivity contribution >= 4 is 5.69 Å². The van der Waals surface area contributed by atoms with Crippen molar-refractivity contribution in [3.05, 3.63) is 29.8 Å². The van der Waals surface area contributed by atoms with Gasteiger partial charge in [-0.3, -0.25) is 4.90 Å². The Morgan fingerprint density at radius 1 is 1.24 bits per heavy atom. The van der Waals surface area contributed by atoms with Gasteiger partial charge in [-0.1, -0.05) is 32.0 Å². The number of hydrogen-bond acceptors (Lipinski definition) is 3. The van der Waals surface area contributed by atoms with Crippen LogP contribution in [0.2, 0.25) is 0 Å². The third-order valence-corrected chi connectivity index (χ3v) is 4.28. The van der Waals surface area contributed by atoms with E-state index in [1.165, 1.54) is 37.2 Å². The van der Waals surface area contributed by atoms with Crippen LogP contribution in [0.3, 0.4) is 0 Å². The summed E-state index contributed by atoms with van der Waals surface area (Å²) in [6, 6.07) is 10.9. The maximum Gasteiger partial charge on any atom is 0.0621 e. The molecule has 1 fully saturated rings. The van der Waals surface area contributed by atoms with Gasteiger partial charge in [0.15, 0.2) is 0 Å². The molecule has 1 aromatic carbocycles. The number of anilines is 1. The summed E-state index contributed by atoms with van der Waals surface area (Å²) in [5.74, 6) is 0. The van der Waals surface area contributed by atoms with Crippen LogP contribution in [0.15, 0.2) is 24.3 Å². The van der Waals surface area contributed by atoms with E-state index in [0.29, 0.717) is 6.42 Å². The molecule has 1 aromatic rings. The molecule has 0 amide bonds. The summed E-state index contributed by atoms with van der Waals surface area (Å²) < 4.78 is 0. The molecule has 1 heterocycles. The Hall–Kier alpha value is -1.53. The van der Waals surface area contributed by atoms with E-state index >= 15 is 0 Å². The fourth-order valence-electron chi connectivity index (χ4n) is 2.83. The van der Waals surface area contributed by atoms with Gasteiger partial charge in [0.05, 0.1) is 6.07 Å². The first-order valence-corrected chi connectivity index (χ1v) is 8.02. The summed E-state index contributed by atoms with van der Waals surface area (Å²) in [6.07, 6.45) is 4.22. The normalized spacial score (nSPS) is 15.9. The van der Waals surface area contributed by atoms with E-state index in [2.05, 4.69) is 54.4 Å². The zero-order chi connectivity index (χ0) is 15.1. The Labute approximate surface area is 129 Å². The van der Waals surface area contributed by atoms with E-state index in [-0.39, 0.29) is 5.41 Å². The van der Waals surface area contributed by atoms with Crippen molar-refractivity contribution in [3.8, 4) is 6.07 Å². The fourth-order valence-corrected chi connectivity index (χ4v) is 2.83. The Kier molecular flexibility index (Phi) is 5.64. The van der Waals surface area contributed by atoms with Crippen molar-refractivity contribution in [2.24, 2.45) is 5.41 Å². The lowest BCUT2D eigenvalue weighted by Crippen LogP contribution is -2.24. The third-order valence-electron chi connectivity index (χ3n) is 4.28. The second-order valence-corrected chi connectivity index (χ2v) is 6.82. The molecule has 0 aliphatic carbocycles. The van der Waals surface area contributed by atoms with Gasteiger partial charge in [-0.05, 0) is 49.4 Å². The van der Waals surface area contributed by atoms with E-state index < -0.39 is 0 Å². The summed E-state index contributed by atoms with van der Waals surface area (Å²) in [7, 11) is 0. The van der Waals surface area contributed by atoms with Crippen molar-refractivity contribution in [1.82, 2.24) is 4.90 Å². The molecule has 0 unspecified atom stereocenters. The van der Waals surface area contributed by atoms with Gasteiger partial charge < -0.3 is 5.32 Å². The van der Waals surface area contributed by atoms with E-state index in [1.807, 2.05) is 0 Å². The number of nitrogens with zero attached hydrogens (tertiary/aromatic N) is 2. The topological polar surface area (TPSA) is 39.1 Å². The number of likely N-dealkylation sites (tertiary alicyclic amines) is 1. The molecule has 0 bridgehead atoms. The Balaban J connectivity index is 1.94. The van der Waals surface area contributed by atoms with Crippen LogP contribution in [0.25, 0.3) is 0 Å². The summed E-state index contributed by atoms with van der Waals surface area (Å²) in [6.45, 7) is 8.85. The van der Waals surface area contributed by atoms with E-state index in [4.69, 9.17) is 5.26 Å². The fraction of sp³-hybridized carbons (Fsp3) is 0.611. The van der Waals surface area contributed by atoms with Crippen LogP contribution in [-0.4, -0.2) is 24.5 Å². The van der Waals surface area contributed by atoms with Crippen LogP contribution in [0.1, 0.15) is 45.1 Å². The maximum atomic E-state index is 8.74. The van der Waals surface area contributed by atoms with Gasteiger partial charge >= 0.3 is 0 Å². The zero-order valence-corrected chi connectivity index (χ0v) is 13.4. The molecule has 1 saturated heterocycles. The number of para-hydroxylation sites is 1. The van der Waals surface area contributed by atoms with Crippen molar-refractivity contribution in [1.29, 1.82) is 5.26 Å². The Bertz CT molecular complexity index is 481. The highest BCUT2D eigenvalue weighted by Crippen LogP contribution is 2.25. The monoisotopic (exact) mass is 285 g/mol. The molecule has 21 heavy (non-hydrogen) atoms.